The van der Waals surface area contributed by atoms with Crippen LogP contribution in [0.25, 0.3) is 0 Å². The summed E-state index contributed by atoms with van der Waals surface area (Å²) in [7, 11) is -4.32. The van der Waals surface area contributed by atoms with Crippen molar-refractivity contribution in [2.24, 2.45) is 5.92 Å². The minimum atomic E-state index is -4.32. The molecule has 1 fully saturated rings. The first-order valence-corrected chi connectivity index (χ1v) is 12.0. The van der Waals surface area contributed by atoms with E-state index in [4.69, 9.17) is 16.3 Å². The van der Waals surface area contributed by atoms with E-state index in [1.807, 2.05) is 0 Å². The molecule has 0 bridgehead atoms. The van der Waals surface area contributed by atoms with Gasteiger partial charge < -0.3 is 10.1 Å². The van der Waals surface area contributed by atoms with E-state index in [9.17, 15) is 26.8 Å². The molecule has 1 aliphatic rings. The van der Waals surface area contributed by atoms with E-state index in [0.29, 0.717) is 5.02 Å². The van der Waals surface area contributed by atoms with Crippen molar-refractivity contribution in [3.8, 4) is 0 Å². The number of piperazine rings is 1. The number of amides is 2. The summed E-state index contributed by atoms with van der Waals surface area (Å²) in [5, 5.41) is 2.88. The van der Waals surface area contributed by atoms with Gasteiger partial charge in [-0.3, -0.25) is 9.69 Å². The number of benzene rings is 2. The van der Waals surface area contributed by atoms with Gasteiger partial charge in [-0.2, -0.15) is 0 Å². The Hall–Kier alpha value is -2.72. The van der Waals surface area contributed by atoms with E-state index in [1.54, 1.807) is 0 Å². The van der Waals surface area contributed by atoms with Gasteiger partial charge in [0.05, 0.1) is 11.5 Å². The molecule has 7 nitrogen and oxygen atoms in total. The summed E-state index contributed by atoms with van der Waals surface area (Å²) in [4.78, 5) is 25.0. The fourth-order valence-electron chi connectivity index (χ4n) is 3.65. The third-order valence-corrected chi connectivity index (χ3v) is 8.72. The topological polar surface area (TPSA) is 92.8 Å². The van der Waals surface area contributed by atoms with Crippen LogP contribution in [0.5, 0.6) is 0 Å². The van der Waals surface area contributed by atoms with Crippen molar-refractivity contribution < 1.29 is 31.5 Å². The van der Waals surface area contributed by atoms with Crippen LogP contribution < -0.4 is 5.32 Å². The van der Waals surface area contributed by atoms with Crippen molar-refractivity contribution in [2.45, 2.75) is 23.5 Å². The Morgan fingerprint density at radius 2 is 1.91 bits per heavy atom. The molecule has 2 aromatic carbocycles. The number of ether oxygens (including phenoxy) is 1. The van der Waals surface area contributed by atoms with E-state index < -0.39 is 50.4 Å². The van der Waals surface area contributed by atoms with Crippen LogP contribution in [0.1, 0.15) is 19.4 Å². The molecule has 33 heavy (non-hydrogen) atoms. The number of carbonyl (C=O) groups is 2. The maximum atomic E-state index is 14.9. The van der Waals surface area contributed by atoms with Crippen LogP contribution in [0.4, 0.5) is 13.6 Å². The van der Waals surface area contributed by atoms with Crippen LogP contribution >= 0.6 is 11.6 Å². The lowest BCUT2D eigenvalue weighted by atomic mass is 9.87. The molecule has 2 atom stereocenters. The van der Waals surface area contributed by atoms with Crippen LogP contribution in [-0.2, 0) is 24.1 Å². The highest BCUT2D eigenvalue weighted by molar-refractivity contribution is 7.92. The second kappa shape index (κ2) is 9.64. The van der Waals surface area contributed by atoms with Crippen LogP contribution in [0.15, 0.2) is 47.4 Å². The molecule has 2 amide bonds. The molecule has 0 radical (unpaired) electrons. The number of carbonyl (C=O) groups excluding carboxylic acids is 2. The average Bonchev–Trinajstić information content (AvgIpc) is 2.78. The van der Waals surface area contributed by atoms with Gasteiger partial charge >= 0.3 is 6.09 Å². The molecule has 1 unspecified atom stereocenters. The Bertz CT molecular complexity index is 1160. The molecular formula is C22H23ClF2N2O5S. The summed E-state index contributed by atoms with van der Waals surface area (Å²) in [6.07, 6.45) is -0.803. The zero-order valence-corrected chi connectivity index (χ0v) is 19.6. The van der Waals surface area contributed by atoms with Crippen LogP contribution in [-0.4, -0.2) is 51.6 Å². The Morgan fingerprint density at radius 1 is 1.24 bits per heavy atom. The fraction of sp³-hybridized carbons (Fsp3) is 0.364. The standard InChI is InChI=1S/C22H23ClF2N2O5S/c1-14(13-32-21(29)27-10-9-26-20(28)12-27)22(2,18-11-16(24)5-8-19(18)25)33(30,31)17-6-3-15(23)4-7-17/h3-8,11,14H,9-10,12-13H2,1-2H3,(H,26,28)/t14-,22?/m1/s1. The molecule has 0 aromatic heterocycles. The quantitative estimate of drug-likeness (QED) is 0.655. The molecule has 2 aromatic rings. The number of hydrogen-bond donors (Lipinski definition) is 1. The summed E-state index contributed by atoms with van der Waals surface area (Å²) in [5.41, 5.74) is -0.390. The van der Waals surface area contributed by atoms with E-state index in [2.05, 4.69) is 5.32 Å². The van der Waals surface area contributed by atoms with Crippen molar-refractivity contribution in [2.75, 3.05) is 26.2 Å². The second-order valence-corrected chi connectivity index (χ2v) is 10.7. The van der Waals surface area contributed by atoms with Crippen molar-refractivity contribution in [1.29, 1.82) is 0 Å². The van der Waals surface area contributed by atoms with Gasteiger partial charge in [-0.25, -0.2) is 22.0 Å². The maximum absolute atomic E-state index is 14.9. The lowest BCUT2D eigenvalue weighted by Crippen LogP contribution is -2.50. The van der Waals surface area contributed by atoms with Gasteiger partial charge in [0.2, 0.25) is 5.91 Å². The number of nitrogens with zero attached hydrogens (tertiary/aromatic N) is 1. The van der Waals surface area contributed by atoms with Gasteiger partial charge in [0.25, 0.3) is 0 Å². The molecule has 3 rings (SSSR count). The monoisotopic (exact) mass is 500 g/mol. The van der Waals surface area contributed by atoms with E-state index in [0.717, 1.165) is 18.2 Å². The Labute approximate surface area is 195 Å². The summed E-state index contributed by atoms with van der Waals surface area (Å²) >= 11 is 5.88. The highest BCUT2D eigenvalue weighted by Gasteiger charge is 2.49. The second-order valence-electron chi connectivity index (χ2n) is 7.94. The summed E-state index contributed by atoms with van der Waals surface area (Å²) in [6.45, 7) is 2.62. The minimum Gasteiger partial charge on any atom is -0.449 e. The highest BCUT2D eigenvalue weighted by atomic mass is 35.5. The zero-order chi connectivity index (χ0) is 24.4. The molecular weight excluding hydrogens is 478 g/mol. The molecule has 11 heteroatoms. The Balaban J connectivity index is 1.98. The highest BCUT2D eigenvalue weighted by Crippen LogP contribution is 2.43. The molecule has 0 spiro atoms. The van der Waals surface area contributed by atoms with Crippen LogP contribution in [0.3, 0.4) is 0 Å². The average molecular weight is 501 g/mol. The number of hydrogen-bond acceptors (Lipinski definition) is 5. The van der Waals surface area contributed by atoms with Gasteiger partial charge in [-0.05, 0) is 49.4 Å². The Morgan fingerprint density at radius 3 is 2.55 bits per heavy atom. The number of nitrogens with one attached hydrogen (secondary N) is 1. The first kappa shape index (κ1) is 24.9. The van der Waals surface area contributed by atoms with Gasteiger partial charge in [0.15, 0.2) is 9.84 Å². The van der Waals surface area contributed by atoms with Crippen molar-refractivity contribution in [3.05, 3.63) is 64.7 Å². The van der Waals surface area contributed by atoms with Crippen molar-refractivity contribution >= 4 is 33.4 Å². The van der Waals surface area contributed by atoms with Crippen LogP contribution in [0.2, 0.25) is 5.02 Å². The number of rotatable bonds is 6. The molecule has 1 heterocycles. The van der Waals surface area contributed by atoms with Crippen LogP contribution in [0, 0.1) is 17.6 Å². The fourth-order valence-corrected chi connectivity index (χ4v) is 5.81. The zero-order valence-electron chi connectivity index (χ0n) is 18.0. The molecule has 1 saturated heterocycles. The van der Waals surface area contributed by atoms with Crippen molar-refractivity contribution in [1.82, 2.24) is 10.2 Å². The summed E-state index contributed by atoms with van der Waals surface area (Å²) in [6, 6.07) is 7.88. The van der Waals surface area contributed by atoms with E-state index in [-0.39, 0.29) is 30.4 Å². The smallest absolute Gasteiger partial charge is 0.410 e. The van der Waals surface area contributed by atoms with E-state index in [1.165, 1.54) is 43.0 Å². The molecule has 0 aliphatic carbocycles. The Kier molecular flexibility index (Phi) is 7.28. The number of sulfone groups is 1. The first-order valence-electron chi connectivity index (χ1n) is 10.1. The predicted molar refractivity (Wildman–Crippen MR) is 117 cm³/mol. The molecule has 1 N–H and O–H groups in total. The minimum absolute atomic E-state index is 0.149. The van der Waals surface area contributed by atoms with Gasteiger partial charge in [-0.15, -0.1) is 0 Å². The van der Waals surface area contributed by atoms with Gasteiger partial charge in [0, 0.05) is 29.6 Å². The lowest BCUT2D eigenvalue weighted by molar-refractivity contribution is -0.123. The SMILES string of the molecule is C[C@H](COC(=O)N1CCNC(=O)C1)C(C)(c1cc(F)ccc1F)S(=O)(=O)c1ccc(Cl)cc1. The van der Waals surface area contributed by atoms with Crippen molar-refractivity contribution in [3.63, 3.8) is 0 Å². The third-order valence-electron chi connectivity index (χ3n) is 5.84. The predicted octanol–water partition coefficient (Wildman–Crippen LogP) is 3.51. The van der Waals surface area contributed by atoms with Gasteiger partial charge in [0.1, 0.15) is 22.9 Å². The first-order chi connectivity index (χ1) is 15.5. The molecule has 178 valence electrons. The molecule has 0 saturated carbocycles. The summed E-state index contributed by atoms with van der Waals surface area (Å²) < 4.78 is 59.7. The summed E-state index contributed by atoms with van der Waals surface area (Å²) in [5.74, 6) is -3.07. The third kappa shape index (κ3) is 4.96. The molecule has 1 aliphatic heterocycles. The normalized spacial score (nSPS) is 17.1. The largest absolute Gasteiger partial charge is 0.449 e. The maximum Gasteiger partial charge on any atom is 0.410 e. The lowest BCUT2D eigenvalue weighted by Gasteiger charge is -2.36. The van der Waals surface area contributed by atoms with Gasteiger partial charge in [-0.1, -0.05) is 18.5 Å². The number of halogens is 3. The van der Waals surface area contributed by atoms with E-state index >= 15 is 0 Å².